The Kier molecular flexibility index (Phi) is 7.91. The van der Waals surface area contributed by atoms with Crippen LogP contribution in [0.4, 0.5) is 0 Å². The molecule has 0 saturated heterocycles. The van der Waals surface area contributed by atoms with Crippen molar-refractivity contribution in [2.24, 2.45) is 5.73 Å². The van der Waals surface area contributed by atoms with Gasteiger partial charge in [-0.25, -0.2) is 0 Å². The molecular formula is C16H26N2O. The molecule has 19 heavy (non-hydrogen) atoms. The lowest BCUT2D eigenvalue weighted by Gasteiger charge is -2.06. The Labute approximate surface area is 116 Å². The van der Waals surface area contributed by atoms with Crippen molar-refractivity contribution in [1.29, 1.82) is 0 Å². The van der Waals surface area contributed by atoms with Crippen molar-refractivity contribution in [3.63, 3.8) is 0 Å². The van der Waals surface area contributed by atoms with Crippen LogP contribution in [0.3, 0.4) is 0 Å². The molecule has 1 rings (SSSR count). The first-order valence-corrected chi connectivity index (χ1v) is 7.24. The predicted molar refractivity (Wildman–Crippen MR) is 80.0 cm³/mol. The second kappa shape index (κ2) is 9.56. The van der Waals surface area contributed by atoms with E-state index in [0.29, 0.717) is 6.42 Å². The zero-order valence-corrected chi connectivity index (χ0v) is 12.0. The van der Waals surface area contributed by atoms with Crippen molar-refractivity contribution >= 4 is 5.91 Å². The normalized spacial score (nSPS) is 10.4. The molecule has 0 heterocycles. The summed E-state index contributed by atoms with van der Waals surface area (Å²) >= 11 is 0. The number of carbonyl (C=O) groups excluding carboxylic acids is 1. The summed E-state index contributed by atoms with van der Waals surface area (Å²) in [6, 6.07) is 8.33. The molecular weight excluding hydrogens is 236 g/mol. The molecule has 0 fully saturated rings. The first kappa shape index (κ1) is 15.7. The summed E-state index contributed by atoms with van der Waals surface area (Å²) in [5.74, 6) is 0.153. The fourth-order valence-corrected chi connectivity index (χ4v) is 2.06. The van der Waals surface area contributed by atoms with Gasteiger partial charge in [0.1, 0.15) is 0 Å². The summed E-state index contributed by atoms with van der Waals surface area (Å²) in [6.07, 6.45) is 5.84. The molecule has 0 saturated carbocycles. The molecule has 0 aromatic heterocycles. The maximum absolute atomic E-state index is 11.7. The van der Waals surface area contributed by atoms with Gasteiger partial charge >= 0.3 is 0 Å². The molecule has 0 atom stereocenters. The van der Waals surface area contributed by atoms with Crippen molar-refractivity contribution in [2.75, 3.05) is 13.1 Å². The third-order valence-corrected chi connectivity index (χ3v) is 3.18. The van der Waals surface area contributed by atoms with Gasteiger partial charge in [0.25, 0.3) is 0 Å². The summed E-state index contributed by atoms with van der Waals surface area (Å²) in [6.45, 7) is 3.63. The molecule has 0 bridgehead atoms. The molecule has 0 aliphatic carbocycles. The predicted octanol–water partition coefficient (Wildman–Crippen LogP) is 2.56. The number of hydrogen-bond donors (Lipinski definition) is 2. The molecule has 0 aliphatic heterocycles. The maximum Gasteiger partial charge on any atom is 0.220 e. The van der Waals surface area contributed by atoms with E-state index in [4.69, 9.17) is 5.73 Å². The summed E-state index contributed by atoms with van der Waals surface area (Å²) in [4.78, 5) is 11.7. The number of amides is 1. The van der Waals surface area contributed by atoms with Gasteiger partial charge in [0.2, 0.25) is 5.91 Å². The van der Waals surface area contributed by atoms with Crippen molar-refractivity contribution in [3.05, 3.63) is 35.4 Å². The van der Waals surface area contributed by atoms with Crippen molar-refractivity contribution < 1.29 is 4.79 Å². The number of unbranched alkanes of at least 4 members (excludes halogenated alkanes) is 3. The quantitative estimate of drug-likeness (QED) is 0.672. The minimum Gasteiger partial charge on any atom is -0.356 e. The van der Waals surface area contributed by atoms with Gasteiger partial charge in [-0.2, -0.15) is 0 Å². The maximum atomic E-state index is 11.7. The first-order chi connectivity index (χ1) is 9.22. The fraction of sp³-hybridized carbons (Fsp3) is 0.562. The van der Waals surface area contributed by atoms with Crippen molar-refractivity contribution in [1.82, 2.24) is 5.32 Å². The van der Waals surface area contributed by atoms with E-state index in [-0.39, 0.29) is 5.91 Å². The van der Waals surface area contributed by atoms with Crippen LogP contribution in [0.5, 0.6) is 0 Å². The van der Waals surface area contributed by atoms with Crippen LogP contribution in [-0.4, -0.2) is 19.0 Å². The van der Waals surface area contributed by atoms with Gasteiger partial charge in [-0.05, 0) is 38.3 Å². The number of nitrogens with one attached hydrogen (secondary N) is 1. The van der Waals surface area contributed by atoms with Crippen LogP contribution in [0, 0.1) is 6.92 Å². The van der Waals surface area contributed by atoms with E-state index in [1.807, 2.05) is 6.07 Å². The molecule has 3 nitrogen and oxygen atoms in total. The van der Waals surface area contributed by atoms with Crippen molar-refractivity contribution in [2.45, 2.75) is 45.4 Å². The Balaban J connectivity index is 2.08. The average molecular weight is 262 g/mol. The second-order valence-corrected chi connectivity index (χ2v) is 5.04. The zero-order chi connectivity index (χ0) is 13.9. The topological polar surface area (TPSA) is 55.1 Å². The number of rotatable bonds is 9. The second-order valence-electron chi connectivity index (χ2n) is 5.04. The highest BCUT2D eigenvalue weighted by Gasteiger charge is 2.01. The van der Waals surface area contributed by atoms with E-state index in [0.717, 1.165) is 45.2 Å². The molecule has 3 N–H and O–H groups in total. The summed E-state index contributed by atoms with van der Waals surface area (Å²) < 4.78 is 0. The molecule has 1 aromatic carbocycles. The smallest absolute Gasteiger partial charge is 0.220 e. The molecule has 106 valence electrons. The van der Waals surface area contributed by atoms with Crippen LogP contribution >= 0.6 is 0 Å². The van der Waals surface area contributed by atoms with E-state index in [2.05, 4.69) is 30.4 Å². The summed E-state index contributed by atoms with van der Waals surface area (Å²) in [5, 5.41) is 2.97. The molecule has 0 spiro atoms. The highest BCUT2D eigenvalue weighted by molar-refractivity contribution is 5.76. The zero-order valence-electron chi connectivity index (χ0n) is 12.0. The van der Waals surface area contributed by atoms with Gasteiger partial charge in [-0.1, -0.05) is 42.7 Å². The van der Waals surface area contributed by atoms with Gasteiger partial charge in [-0.3, -0.25) is 4.79 Å². The van der Waals surface area contributed by atoms with Gasteiger partial charge in [-0.15, -0.1) is 0 Å². The van der Waals surface area contributed by atoms with E-state index in [1.165, 1.54) is 11.1 Å². The van der Waals surface area contributed by atoms with Crippen LogP contribution < -0.4 is 11.1 Å². The lowest BCUT2D eigenvalue weighted by atomic mass is 10.1. The molecule has 3 heteroatoms. The summed E-state index contributed by atoms with van der Waals surface area (Å²) in [5.41, 5.74) is 7.91. The van der Waals surface area contributed by atoms with Gasteiger partial charge < -0.3 is 11.1 Å². The fourth-order valence-electron chi connectivity index (χ4n) is 2.06. The third-order valence-electron chi connectivity index (χ3n) is 3.18. The third kappa shape index (κ3) is 7.62. The van der Waals surface area contributed by atoms with Gasteiger partial charge in [0.05, 0.1) is 0 Å². The Hall–Kier alpha value is -1.35. The van der Waals surface area contributed by atoms with Crippen molar-refractivity contribution in [3.8, 4) is 0 Å². The lowest BCUT2D eigenvalue weighted by Crippen LogP contribution is -2.24. The van der Waals surface area contributed by atoms with Crippen LogP contribution in [-0.2, 0) is 11.2 Å². The Morgan fingerprint density at radius 2 is 2.00 bits per heavy atom. The lowest BCUT2D eigenvalue weighted by molar-refractivity contribution is -0.121. The number of aryl methyl sites for hydroxylation is 2. The molecule has 0 aliphatic rings. The van der Waals surface area contributed by atoms with E-state index in [9.17, 15) is 4.79 Å². The molecule has 0 radical (unpaired) electrons. The SMILES string of the molecule is Cc1cccc(CCC(=O)NCCCCCCN)c1. The monoisotopic (exact) mass is 262 g/mol. The van der Waals surface area contributed by atoms with Crippen LogP contribution in [0.25, 0.3) is 0 Å². The highest BCUT2D eigenvalue weighted by Crippen LogP contribution is 2.06. The van der Waals surface area contributed by atoms with Crippen LogP contribution in [0.1, 0.15) is 43.2 Å². The molecule has 0 unspecified atom stereocenters. The van der Waals surface area contributed by atoms with Crippen LogP contribution in [0.15, 0.2) is 24.3 Å². The van der Waals surface area contributed by atoms with Gasteiger partial charge in [0, 0.05) is 13.0 Å². The Morgan fingerprint density at radius 3 is 2.74 bits per heavy atom. The van der Waals surface area contributed by atoms with Crippen LogP contribution in [0.2, 0.25) is 0 Å². The average Bonchev–Trinajstić information content (AvgIpc) is 2.40. The Morgan fingerprint density at radius 1 is 1.21 bits per heavy atom. The first-order valence-electron chi connectivity index (χ1n) is 7.24. The number of benzene rings is 1. The minimum atomic E-state index is 0.153. The standard InChI is InChI=1S/C16H26N2O/c1-14-7-6-8-15(13-14)9-10-16(19)18-12-5-3-2-4-11-17/h6-8,13H,2-5,9-12,17H2,1H3,(H,18,19). The molecule has 1 amide bonds. The Bertz CT molecular complexity index is 377. The number of carbonyl (C=O) groups is 1. The summed E-state index contributed by atoms with van der Waals surface area (Å²) in [7, 11) is 0. The minimum absolute atomic E-state index is 0.153. The van der Waals surface area contributed by atoms with E-state index >= 15 is 0 Å². The highest BCUT2D eigenvalue weighted by atomic mass is 16.1. The van der Waals surface area contributed by atoms with E-state index in [1.54, 1.807) is 0 Å². The van der Waals surface area contributed by atoms with Gasteiger partial charge in [0.15, 0.2) is 0 Å². The largest absolute Gasteiger partial charge is 0.356 e. The number of hydrogen-bond acceptors (Lipinski definition) is 2. The van der Waals surface area contributed by atoms with E-state index < -0.39 is 0 Å². The number of nitrogens with two attached hydrogens (primary N) is 1. The molecule has 1 aromatic rings.